The molecule has 25 heavy (non-hydrogen) atoms. The lowest BCUT2D eigenvalue weighted by atomic mass is 10.2. The molecule has 0 saturated carbocycles. The number of hydrogen-bond acceptors (Lipinski definition) is 2. The van der Waals surface area contributed by atoms with Crippen LogP contribution in [0.4, 0.5) is 0 Å². The van der Waals surface area contributed by atoms with E-state index in [4.69, 9.17) is 16.3 Å². The van der Waals surface area contributed by atoms with Crippen LogP contribution >= 0.6 is 24.0 Å². The van der Waals surface area contributed by atoms with E-state index in [1.54, 1.807) is 0 Å². The van der Waals surface area contributed by atoms with E-state index < -0.39 is 0 Å². The maximum Gasteiger partial charge on any atom is 0.120 e. The molecule has 0 aliphatic carbocycles. The average Bonchev–Trinajstić information content (AvgIpc) is 2.63. The summed E-state index contributed by atoms with van der Waals surface area (Å²) in [7, 11) is 0. The Hall–Kier alpha value is -2.00. The van der Waals surface area contributed by atoms with E-state index >= 15 is 0 Å². The van der Waals surface area contributed by atoms with Crippen LogP contribution in [0.5, 0.6) is 5.75 Å². The summed E-state index contributed by atoms with van der Waals surface area (Å²) < 4.78 is 5.87. The van der Waals surface area contributed by atoms with Crippen LogP contribution in [0.1, 0.15) is 16.7 Å². The SMILES string of the molecule is Cl.Clc1ccccc1CNCc1cccc(OCc2ccccc2)c1. The van der Waals surface area contributed by atoms with E-state index in [0.29, 0.717) is 6.61 Å². The summed E-state index contributed by atoms with van der Waals surface area (Å²) in [6.07, 6.45) is 0. The topological polar surface area (TPSA) is 21.3 Å². The number of halogens is 2. The largest absolute Gasteiger partial charge is 0.489 e. The highest BCUT2D eigenvalue weighted by molar-refractivity contribution is 6.31. The molecule has 4 heteroatoms. The van der Waals surface area contributed by atoms with E-state index in [2.05, 4.69) is 29.6 Å². The van der Waals surface area contributed by atoms with Crippen LogP contribution in [0.2, 0.25) is 5.02 Å². The molecule has 0 atom stereocenters. The van der Waals surface area contributed by atoms with Gasteiger partial charge in [0.1, 0.15) is 12.4 Å². The van der Waals surface area contributed by atoms with Gasteiger partial charge in [0.25, 0.3) is 0 Å². The molecule has 0 aliphatic rings. The monoisotopic (exact) mass is 373 g/mol. The van der Waals surface area contributed by atoms with E-state index in [1.807, 2.05) is 54.6 Å². The van der Waals surface area contributed by atoms with Crippen molar-refractivity contribution in [1.29, 1.82) is 0 Å². The third-order valence-corrected chi connectivity index (χ3v) is 4.12. The van der Waals surface area contributed by atoms with Gasteiger partial charge >= 0.3 is 0 Å². The van der Waals surface area contributed by atoms with E-state index in [9.17, 15) is 0 Å². The molecule has 0 amide bonds. The molecule has 0 unspecified atom stereocenters. The van der Waals surface area contributed by atoms with Gasteiger partial charge in [-0.25, -0.2) is 0 Å². The van der Waals surface area contributed by atoms with Crippen LogP contribution in [0.3, 0.4) is 0 Å². The molecule has 3 aromatic rings. The fraction of sp³-hybridized carbons (Fsp3) is 0.143. The van der Waals surface area contributed by atoms with Gasteiger partial charge in [0, 0.05) is 18.1 Å². The van der Waals surface area contributed by atoms with Gasteiger partial charge in [0.05, 0.1) is 0 Å². The van der Waals surface area contributed by atoms with Crippen LogP contribution in [0.15, 0.2) is 78.9 Å². The Morgan fingerprint density at radius 1 is 0.760 bits per heavy atom. The summed E-state index contributed by atoms with van der Waals surface area (Å²) in [6, 6.07) is 26.2. The molecule has 0 bridgehead atoms. The third kappa shape index (κ3) is 6.09. The highest BCUT2D eigenvalue weighted by Gasteiger charge is 2.01. The Labute approximate surface area is 160 Å². The van der Waals surface area contributed by atoms with Gasteiger partial charge in [-0.2, -0.15) is 0 Å². The van der Waals surface area contributed by atoms with Gasteiger partial charge in [0.15, 0.2) is 0 Å². The molecular formula is C21H21Cl2NO. The summed E-state index contributed by atoms with van der Waals surface area (Å²) >= 11 is 6.17. The van der Waals surface area contributed by atoms with E-state index in [0.717, 1.165) is 29.4 Å². The Balaban J connectivity index is 0.00000225. The maximum absolute atomic E-state index is 6.17. The lowest BCUT2D eigenvalue weighted by molar-refractivity contribution is 0.306. The van der Waals surface area contributed by atoms with Gasteiger partial charge in [-0.1, -0.05) is 72.3 Å². The summed E-state index contributed by atoms with van der Waals surface area (Å²) in [5, 5.41) is 4.22. The Bertz CT molecular complexity index is 778. The second kappa shape index (κ2) is 10.1. The van der Waals surface area contributed by atoms with Crippen molar-refractivity contribution >= 4 is 24.0 Å². The summed E-state index contributed by atoms with van der Waals surface area (Å²) in [4.78, 5) is 0. The van der Waals surface area contributed by atoms with Crippen LogP contribution in [-0.2, 0) is 19.7 Å². The zero-order valence-electron chi connectivity index (χ0n) is 13.8. The first-order chi connectivity index (χ1) is 11.8. The Morgan fingerprint density at radius 2 is 1.48 bits per heavy atom. The smallest absolute Gasteiger partial charge is 0.120 e. The van der Waals surface area contributed by atoms with Crippen molar-refractivity contribution in [2.75, 3.05) is 0 Å². The number of benzene rings is 3. The fourth-order valence-corrected chi connectivity index (χ4v) is 2.67. The molecular weight excluding hydrogens is 353 g/mol. The summed E-state index contributed by atoms with van der Waals surface area (Å²) in [5.74, 6) is 0.885. The van der Waals surface area contributed by atoms with Gasteiger partial charge in [0.2, 0.25) is 0 Å². The maximum atomic E-state index is 6.17. The normalized spacial score (nSPS) is 10.1. The molecule has 0 spiro atoms. The molecule has 1 N–H and O–H groups in total. The second-order valence-corrected chi connectivity index (χ2v) is 6.02. The summed E-state index contributed by atoms with van der Waals surface area (Å²) in [5.41, 5.74) is 3.46. The van der Waals surface area contributed by atoms with Crippen LogP contribution in [0.25, 0.3) is 0 Å². The molecule has 3 aromatic carbocycles. The lowest BCUT2D eigenvalue weighted by Gasteiger charge is -2.10. The van der Waals surface area contributed by atoms with Gasteiger partial charge in [-0.15, -0.1) is 12.4 Å². The van der Waals surface area contributed by atoms with Crippen molar-refractivity contribution in [3.8, 4) is 5.75 Å². The van der Waals surface area contributed by atoms with Gasteiger partial charge < -0.3 is 10.1 Å². The highest BCUT2D eigenvalue weighted by atomic mass is 35.5. The van der Waals surface area contributed by atoms with Crippen molar-refractivity contribution in [3.63, 3.8) is 0 Å². The molecule has 0 heterocycles. The highest BCUT2D eigenvalue weighted by Crippen LogP contribution is 2.17. The first-order valence-corrected chi connectivity index (χ1v) is 8.39. The zero-order chi connectivity index (χ0) is 16.6. The van der Waals surface area contributed by atoms with Crippen molar-refractivity contribution in [3.05, 3.63) is 101 Å². The molecule has 0 aliphatic heterocycles. The van der Waals surface area contributed by atoms with E-state index in [1.165, 1.54) is 11.1 Å². The van der Waals surface area contributed by atoms with E-state index in [-0.39, 0.29) is 12.4 Å². The van der Waals surface area contributed by atoms with Gasteiger partial charge in [-0.05, 0) is 34.9 Å². The predicted octanol–water partition coefficient (Wildman–Crippen LogP) is 5.63. The van der Waals surface area contributed by atoms with Crippen LogP contribution in [0, 0.1) is 0 Å². The first-order valence-electron chi connectivity index (χ1n) is 8.01. The lowest BCUT2D eigenvalue weighted by Crippen LogP contribution is -2.13. The Morgan fingerprint density at radius 3 is 2.28 bits per heavy atom. The number of rotatable bonds is 7. The minimum Gasteiger partial charge on any atom is -0.489 e. The first kappa shape index (κ1) is 19.3. The van der Waals surface area contributed by atoms with Crippen LogP contribution in [-0.4, -0.2) is 0 Å². The van der Waals surface area contributed by atoms with Crippen molar-refractivity contribution in [1.82, 2.24) is 5.32 Å². The molecule has 0 radical (unpaired) electrons. The molecule has 0 saturated heterocycles. The zero-order valence-corrected chi connectivity index (χ0v) is 15.4. The van der Waals surface area contributed by atoms with Crippen molar-refractivity contribution < 1.29 is 4.74 Å². The minimum atomic E-state index is 0. The third-order valence-electron chi connectivity index (χ3n) is 3.75. The standard InChI is InChI=1S/C21H20ClNO.ClH/c22-21-12-5-4-10-19(21)15-23-14-18-9-6-11-20(13-18)24-16-17-7-2-1-3-8-17;/h1-13,23H,14-16H2;1H. The van der Waals surface area contributed by atoms with Gasteiger partial charge in [-0.3, -0.25) is 0 Å². The van der Waals surface area contributed by atoms with Crippen LogP contribution < -0.4 is 10.1 Å². The molecule has 2 nitrogen and oxygen atoms in total. The second-order valence-electron chi connectivity index (χ2n) is 5.62. The molecule has 3 rings (SSSR count). The molecule has 0 aromatic heterocycles. The molecule has 130 valence electrons. The predicted molar refractivity (Wildman–Crippen MR) is 106 cm³/mol. The quantitative estimate of drug-likeness (QED) is 0.579. The Kier molecular flexibility index (Phi) is 7.80. The molecule has 0 fully saturated rings. The minimum absolute atomic E-state index is 0. The van der Waals surface area contributed by atoms with Crippen molar-refractivity contribution in [2.24, 2.45) is 0 Å². The fourth-order valence-electron chi connectivity index (χ4n) is 2.47. The number of ether oxygens (including phenoxy) is 1. The number of hydrogen-bond donors (Lipinski definition) is 1. The number of nitrogens with one attached hydrogen (secondary N) is 1. The average molecular weight is 374 g/mol. The summed E-state index contributed by atoms with van der Waals surface area (Å²) in [6.45, 7) is 2.10. The van der Waals surface area contributed by atoms with Crippen molar-refractivity contribution in [2.45, 2.75) is 19.7 Å².